The smallest absolute Gasteiger partial charge is 0.225 e. The van der Waals surface area contributed by atoms with Crippen LogP contribution >= 0.6 is 0 Å². The van der Waals surface area contributed by atoms with Crippen LogP contribution in [0.25, 0.3) is 0 Å². The van der Waals surface area contributed by atoms with Gasteiger partial charge in [-0.15, -0.1) is 0 Å². The van der Waals surface area contributed by atoms with Crippen molar-refractivity contribution in [1.29, 1.82) is 0 Å². The van der Waals surface area contributed by atoms with Crippen LogP contribution in [0.3, 0.4) is 0 Å². The van der Waals surface area contributed by atoms with E-state index in [0.29, 0.717) is 23.7 Å². The first kappa shape index (κ1) is 10.9. The molecule has 3 heteroatoms. The Kier molecular flexibility index (Phi) is 3.29. The number of rotatable bonds is 2. The predicted molar refractivity (Wildman–Crippen MR) is 60.2 cm³/mol. The van der Waals surface area contributed by atoms with Gasteiger partial charge in [0, 0.05) is 19.0 Å². The second kappa shape index (κ2) is 4.52. The van der Waals surface area contributed by atoms with E-state index in [1.807, 2.05) is 0 Å². The number of piperidine rings is 1. The standard InChI is InChI=1S/C12H22N2O/c1-9-8-14(6-5-11(9)7-13)12(15)10-3-2-4-10/h9-11H,2-8,13H2,1H3. The zero-order valence-electron chi connectivity index (χ0n) is 9.61. The van der Waals surface area contributed by atoms with E-state index in [0.717, 1.165) is 38.9 Å². The number of likely N-dealkylation sites (tertiary alicyclic amines) is 1. The lowest BCUT2D eigenvalue weighted by Gasteiger charge is -2.39. The molecule has 2 N–H and O–H groups in total. The van der Waals surface area contributed by atoms with E-state index in [9.17, 15) is 4.79 Å². The summed E-state index contributed by atoms with van der Waals surface area (Å²) in [6.45, 7) is 4.85. The molecule has 2 unspecified atom stereocenters. The zero-order chi connectivity index (χ0) is 10.8. The van der Waals surface area contributed by atoms with Crippen LogP contribution < -0.4 is 5.73 Å². The minimum atomic E-state index is 0.353. The van der Waals surface area contributed by atoms with Crippen molar-refractivity contribution in [2.24, 2.45) is 23.5 Å². The average molecular weight is 210 g/mol. The molecule has 1 aliphatic carbocycles. The third-order valence-corrected chi connectivity index (χ3v) is 4.15. The Morgan fingerprint density at radius 2 is 2.13 bits per heavy atom. The molecule has 1 heterocycles. The van der Waals surface area contributed by atoms with Crippen LogP contribution in [-0.2, 0) is 4.79 Å². The molecule has 0 aromatic heterocycles. The van der Waals surface area contributed by atoms with Crippen molar-refractivity contribution < 1.29 is 4.79 Å². The molecule has 2 fully saturated rings. The molecular formula is C12H22N2O. The SMILES string of the molecule is CC1CN(C(=O)C2CCC2)CCC1CN. The van der Waals surface area contributed by atoms with Gasteiger partial charge in [0.05, 0.1) is 0 Å². The van der Waals surface area contributed by atoms with Crippen LogP contribution in [0.1, 0.15) is 32.6 Å². The van der Waals surface area contributed by atoms with Crippen LogP contribution in [0.5, 0.6) is 0 Å². The van der Waals surface area contributed by atoms with E-state index in [1.165, 1.54) is 6.42 Å². The number of nitrogens with two attached hydrogens (primary N) is 1. The van der Waals surface area contributed by atoms with E-state index in [4.69, 9.17) is 5.73 Å². The Balaban J connectivity index is 1.87. The second-order valence-corrected chi connectivity index (χ2v) is 5.17. The molecule has 2 rings (SSSR count). The Hall–Kier alpha value is -0.570. The van der Waals surface area contributed by atoms with E-state index in [-0.39, 0.29) is 0 Å². The van der Waals surface area contributed by atoms with Crippen molar-refractivity contribution >= 4 is 5.91 Å². The number of amides is 1. The molecule has 2 aliphatic rings. The molecule has 86 valence electrons. The molecule has 1 saturated heterocycles. The Labute approximate surface area is 92.0 Å². The minimum absolute atomic E-state index is 0.353. The fraction of sp³-hybridized carbons (Fsp3) is 0.917. The maximum atomic E-state index is 12.0. The van der Waals surface area contributed by atoms with Crippen LogP contribution in [0.4, 0.5) is 0 Å². The van der Waals surface area contributed by atoms with Crippen LogP contribution in [-0.4, -0.2) is 30.4 Å². The Morgan fingerprint density at radius 3 is 2.60 bits per heavy atom. The van der Waals surface area contributed by atoms with Gasteiger partial charge in [-0.1, -0.05) is 13.3 Å². The largest absolute Gasteiger partial charge is 0.342 e. The quantitative estimate of drug-likeness (QED) is 0.745. The molecule has 0 bridgehead atoms. The van der Waals surface area contributed by atoms with Gasteiger partial charge in [0.1, 0.15) is 0 Å². The lowest BCUT2D eigenvalue weighted by molar-refractivity contribution is -0.140. The summed E-state index contributed by atoms with van der Waals surface area (Å²) in [5, 5.41) is 0. The van der Waals surface area contributed by atoms with Crippen LogP contribution in [0.15, 0.2) is 0 Å². The second-order valence-electron chi connectivity index (χ2n) is 5.17. The van der Waals surface area contributed by atoms with Gasteiger partial charge >= 0.3 is 0 Å². The summed E-state index contributed by atoms with van der Waals surface area (Å²) in [5.74, 6) is 1.96. The van der Waals surface area contributed by atoms with E-state index in [2.05, 4.69) is 11.8 Å². The van der Waals surface area contributed by atoms with Gasteiger partial charge in [-0.2, -0.15) is 0 Å². The first-order chi connectivity index (χ1) is 7.22. The van der Waals surface area contributed by atoms with Crippen molar-refractivity contribution in [2.75, 3.05) is 19.6 Å². The van der Waals surface area contributed by atoms with Crippen molar-refractivity contribution in [1.82, 2.24) is 4.90 Å². The highest BCUT2D eigenvalue weighted by Crippen LogP contribution is 2.31. The van der Waals surface area contributed by atoms with E-state index < -0.39 is 0 Å². The first-order valence-electron chi connectivity index (χ1n) is 6.21. The predicted octanol–water partition coefficient (Wildman–Crippen LogP) is 1.23. The summed E-state index contributed by atoms with van der Waals surface area (Å²) in [5.41, 5.74) is 5.71. The average Bonchev–Trinajstić information content (AvgIpc) is 2.15. The molecule has 1 saturated carbocycles. The Bertz CT molecular complexity index is 238. The van der Waals surface area contributed by atoms with Gasteiger partial charge in [-0.05, 0) is 37.6 Å². The van der Waals surface area contributed by atoms with Gasteiger partial charge in [0.25, 0.3) is 0 Å². The highest BCUT2D eigenvalue weighted by molar-refractivity contribution is 5.79. The summed E-state index contributed by atoms with van der Waals surface area (Å²) in [7, 11) is 0. The summed E-state index contributed by atoms with van der Waals surface area (Å²) in [6, 6.07) is 0. The number of nitrogens with zero attached hydrogens (tertiary/aromatic N) is 1. The highest BCUT2D eigenvalue weighted by atomic mass is 16.2. The normalized spacial score (nSPS) is 32.5. The molecule has 1 aliphatic heterocycles. The monoisotopic (exact) mass is 210 g/mol. The first-order valence-corrected chi connectivity index (χ1v) is 6.21. The topological polar surface area (TPSA) is 46.3 Å². The van der Waals surface area contributed by atoms with Crippen molar-refractivity contribution in [3.63, 3.8) is 0 Å². The van der Waals surface area contributed by atoms with E-state index >= 15 is 0 Å². The van der Waals surface area contributed by atoms with Gasteiger partial charge in [0.15, 0.2) is 0 Å². The molecule has 0 aromatic carbocycles. The van der Waals surface area contributed by atoms with Gasteiger partial charge < -0.3 is 10.6 Å². The number of hydrogen-bond donors (Lipinski definition) is 1. The zero-order valence-corrected chi connectivity index (χ0v) is 9.61. The van der Waals surface area contributed by atoms with Gasteiger partial charge in [-0.3, -0.25) is 4.79 Å². The lowest BCUT2D eigenvalue weighted by Crippen LogP contribution is -2.47. The van der Waals surface area contributed by atoms with Gasteiger partial charge in [0.2, 0.25) is 5.91 Å². The number of carbonyl (C=O) groups is 1. The van der Waals surface area contributed by atoms with E-state index in [1.54, 1.807) is 0 Å². The van der Waals surface area contributed by atoms with Gasteiger partial charge in [-0.25, -0.2) is 0 Å². The van der Waals surface area contributed by atoms with Crippen molar-refractivity contribution in [3.8, 4) is 0 Å². The third kappa shape index (κ3) is 2.17. The minimum Gasteiger partial charge on any atom is -0.342 e. The molecule has 0 aromatic rings. The summed E-state index contributed by atoms with van der Waals surface area (Å²) in [6.07, 6.45) is 4.56. The lowest BCUT2D eigenvalue weighted by atomic mass is 9.82. The van der Waals surface area contributed by atoms with Crippen molar-refractivity contribution in [3.05, 3.63) is 0 Å². The summed E-state index contributed by atoms with van der Waals surface area (Å²) < 4.78 is 0. The van der Waals surface area contributed by atoms with Crippen LogP contribution in [0, 0.1) is 17.8 Å². The fourth-order valence-corrected chi connectivity index (χ4v) is 2.66. The van der Waals surface area contributed by atoms with Crippen molar-refractivity contribution in [2.45, 2.75) is 32.6 Å². The molecule has 15 heavy (non-hydrogen) atoms. The molecule has 0 spiro atoms. The summed E-state index contributed by atoms with van der Waals surface area (Å²) >= 11 is 0. The third-order valence-electron chi connectivity index (χ3n) is 4.15. The fourth-order valence-electron chi connectivity index (χ4n) is 2.66. The summed E-state index contributed by atoms with van der Waals surface area (Å²) in [4.78, 5) is 14.1. The molecule has 3 nitrogen and oxygen atoms in total. The molecule has 1 amide bonds. The molecule has 0 radical (unpaired) electrons. The molecule has 2 atom stereocenters. The highest BCUT2D eigenvalue weighted by Gasteiger charge is 2.33. The Morgan fingerprint density at radius 1 is 1.40 bits per heavy atom. The van der Waals surface area contributed by atoms with Crippen LogP contribution in [0.2, 0.25) is 0 Å². The maximum Gasteiger partial charge on any atom is 0.225 e. The maximum absolute atomic E-state index is 12.0. The molecular weight excluding hydrogens is 188 g/mol. The number of carbonyl (C=O) groups excluding carboxylic acids is 1. The number of hydrogen-bond acceptors (Lipinski definition) is 2.